The summed E-state index contributed by atoms with van der Waals surface area (Å²) in [6.45, 7) is 6.55. The van der Waals surface area contributed by atoms with E-state index in [1.807, 2.05) is 6.07 Å². The molecule has 3 heterocycles. The van der Waals surface area contributed by atoms with Gasteiger partial charge in [0.15, 0.2) is 0 Å². The van der Waals surface area contributed by atoms with E-state index in [9.17, 15) is 0 Å². The van der Waals surface area contributed by atoms with Gasteiger partial charge in [0.25, 0.3) is 0 Å². The number of benzene rings is 1. The molecule has 0 saturated carbocycles. The number of fused-ring (bicyclic) bond motifs is 1. The SMILES string of the molecule is CN1CCN(c2cc(N3CCCC3)nc3ccc(Cl)cc23)CC1. The normalized spacial score (nSPS) is 19.7. The highest BCUT2D eigenvalue weighted by molar-refractivity contribution is 6.31. The summed E-state index contributed by atoms with van der Waals surface area (Å²) in [6.07, 6.45) is 2.54. The molecule has 2 saturated heterocycles. The highest BCUT2D eigenvalue weighted by atomic mass is 35.5. The van der Waals surface area contributed by atoms with Crippen LogP contribution in [0.4, 0.5) is 11.5 Å². The third kappa shape index (κ3) is 2.98. The number of anilines is 2. The van der Waals surface area contributed by atoms with E-state index in [0.29, 0.717) is 0 Å². The molecule has 0 aliphatic carbocycles. The zero-order valence-electron chi connectivity index (χ0n) is 13.6. The van der Waals surface area contributed by atoms with Crippen LogP contribution < -0.4 is 9.80 Å². The van der Waals surface area contributed by atoms with Gasteiger partial charge >= 0.3 is 0 Å². The quantitative estimate of drug-likeness (QED) is 0.843. The fraction of sp³-hybridized carbons (Fsp3) is 0.500. The largest absolute Gasteiger partial charge is 0.368 e. The number of hydrogen-bond donors (Lipinski definition) is 0. The van der Waals surface area contributed by atoms with Crippen LogP contribution in [-0.2, 0) is 0 Å². The average molecular weight is 331 g/mol. The number of likely N-dealkylation sites (N-methyl/N-ethyl adjacent to an activating group) is 1. The summed E-state index contributed by atoms with van der Waals surface area (Å²) >= 11 is 6.25. The minimum absolute atomic E-state index is 0.781. The molecule has 0 N–H and O–H groups in total. The first-order valence-corrected chi connectivity index (χ1v) is 8.87. The zero-order valence-corrected chi connectivity index (χ0v) is 14.4. The van der Waals surface area contributed by atoms with Gasteiger partial charge in [-0.2, -0.15) is 0 Å². The molecule has 0 spiro atoms. The Hall–Kier alpha value is -1.52. The topological polar surface area (TPSA) is 22.6 Å². The molecular weight excluding hydrogens is 308 g/mol. The molecule has 0 bridgehead atoms. The fourth-order valence-electron chi connectivity index (χ4n) is 3.58. The fourth-order valence-corrected chi connectivity index (χ4v) is 3.76. The van der Waals surface area contributed by atoms with Crippen molar-refractivity contribution < 1.29 is 0 Å². The Morgan fingerprint density at radius 3 is 2.39 bits per heavy atom. The molecule has 2 aliphatic heterocycles. The third-order valence-electron chi connectivity index (χ3n) is 5.01. The van der Waals surface area contributed by atoms with Crippen molar-refractivity contribution in [2.45, 2.75) is 12.8 Å². The van der Waals surface area contributed by atoms with Gasteiger partial charge in [-0.25, -0.2) is 4.98 Å². The molecule has 4 rings (SSSR count). The number of hydrogen-bond acceptors (Lipinski definition) is 4. The lowest BCUT2D eigenvalue weighted by Gasteiger charge is -2.35. The van der Waals surface area contributed by atoms with Crippen molar-refractivity contribution in [1.29, 1.82) is 0 Å². The number of aromatic nitrogens is 1. The second kappa shape index (κ2) is 6.17. The molecule has 5 heteroatoms. The maximum absolute atomic E-state index is 6.25. The van der Waals surface area contributed by atoms with Crippen LogP contribution in [0.5, 0.6) is 0 Å². The van der Waals surface area contributed by atoms with Gasteiger partial charge in [-0.05, 0) is 38.1 Å². The van der Waals surface area contributed by atoms with Crippen molar-refractivity contribution in [3.63, 3.8) is 0 Å². The van der Waals surface area contributed by atoms with Gasteiger partial charge in [-0.1, -0.05) is 11.6 Å². The number of piperazine rings is 1. The summed E-state index contributed by atoms with van der Waals surface area (Å²) in [6, 6.07) is 8.33. The van der Waals surface area contributed by atoms with Crippen molar-refractivity contribution in [3.05, 3.63) is 29.3 Å². The van der Waals surface area contributed by atoms with E-state index >= 15 is 0 Å². The first-order chi connectivity index (χ1) is 11.2. The minimum Gasteiger partial charge on any atom is -0.368 e. The first kappa shape index (κ1) is 15.0. The molecule has 0 atom stereocenters. The van der Waals surface area contributed by atoms with Crippen LogP contribution >= 0.6 is 11.6 Å². The maximum Gasteiger partial charge on any atom is 0.131 e. The van der Waals surface area contributed by atoms with Gasteiger partial charge in [0.1, 0.15) is 5.82 Å². The Morgan fingerprint density at radius 2 is 1.65 bits per heavy atom. The van der Waals surface area contributed by atoms with Crippen molar-refractivity contribution in [2.24, 2.45) is 0 Å². The predicted molar refractivity (Wildman–Crippen MR) is 97.9 cm³/mol. The lowest BCUT2D eigenvalue weighted by Crippen LogP contribution is -2.44. The van der Waals surface area contributed by atoms with Gasteiger partial charge in [-0.15, -0.1) is 0 Å². The van der Waals surface area contributed by atoms with Gasteiger partial charge in [-0.3, -0.25) is 0 Å². The number of nitrogens with zero attached hydrogens (tertiary/aromatic N) is 4. The Bertz CT molecular complexity index is 703. The Kier molecular flexibility index (Phi) is 4.04. The van der Waals surface area contributed by atoms with Crippen molar-refractivity contribution in [1.82, 2.24) is 9.88 Å². The second-order valence-corrected chi connectivity index (χ2v) is 7.08. The van der Waals surface area contributed by atoms with E-state index in [1.54, 1.807) is 0 Å². The minimum atomic E-state index is 0.781. The summed E-state index contributed by atoms with van der Waals surface area (Å²) in [5.41, 5.74) is 2.33. The van der Waals surface area contributed by atoms with Gasteiger partial charge < -0.3 is 14.7 Å². The van der Waals surface area contributed by atoms with Crippen LogP contribution in [0.2, 0.25) is 5.02 Å². The maximum atomic E-state index is 6.25. The molecule has 0 radical (unpaired) electrons. The molecular formula is C18H23ClN4. The summed E-state index contributed by atoms with van der Waals surface area (Å²) in [5, 5.41) is 1.95. The Morgan fingerprint density at radius 1 is 0.913 bits per heavy atom. The van der Waals surface area contributed by atoms with Crippen LogP contribution in [0.15, 0.2) is 24.3 Å². The number of pyridine rings is 1. The van der Waals surface area contributed by atoms with Crippen LogP contribution in [0, 0.1) is 0 Å². The third-order valence-corrected chi connectivity index (χ3v) is 5.24. The van der Waals surface area contributed by atoms with Crippen LogP contribution in [0.1, 0.15) is 12.8 Å². The van der Waals surface area contributed by atoms with E-state index in [0.717, 1.165) is 55.6 Å². The van der Waals surface area contributed by atoms with E-state index in [-0.39, 0.29) is 0 Å². The summed E-state index contributed by atoms with van der Waals surface area (Å²) in [5.74, 6) is 1.12. The number of halogens is 1. The predicted octanol–water partition coefficient (Wildman–Crippen LogP) is 3.24. The monoisotopic (exact) mass is 330 g/mol. The molecule has 2 aromatic rings. The van der Waals surface area contributed by atoms with Crippen molar-refractivity contribution in [2.75, 3.05) is 56.1 Å². The molecule has 1 aromatic heterocycles. The first-order valence-electron chi connectivity index (χ1n) is 8.49. The van der Waals surface area contributed by atoms with E-state index in [1.165, 1.54) is 23.9 Å². The highest BCUT2D eigenvalue weighted by Gasteiger charge is 2.21. The second-order valence-electron chi connectivity index (χ2n) is 6.65. The Labute approximate surface area is 142 Å². The molecule has 0 unspecified atom stereocenters. The van der Waals surface area contributed by atoms with E-state index in [4.69, 9.17) is 16.6 Å². The summed E-state index contributed by atoms with van der Waals surface area (Å²) < 4.78 is 0. The molecule has 4 nitrogen and oxygen atoms in total. The molecule has 23 heavy (non-hydrogen) atoms. The smallest absolute Gasteiger partial charge is 0.131 e. The molecule has 2 aliphatic rings. The Balaban J connectivity index is 1.80. The van der Waals surface area contributed by atoms with Gasteiger partial charge in [0.2, 0.25) is 0 Å². The number of rotatable bonds is 2. The molecule has 2 fully saturated rings. The van der Waals surface area contributed by atoms with Crippen LogP contribution in [0.3, 0.4) is 0 Å². The van der Waals surface area contributed by atoms with Gasteiger partial charge in [0, 0.05) is 61.4 Å². The van der Waals surface area contributed by atoms with E-state index in [2.05, 4.69) is 39.9 Å². The van der Waals surface area contributed by atoms with E-state index < -0.39 is 0 Å². The summed E-state index contributed by atoms with van der Waals surface area (Å²) in [7, 11) is 2.19. The van der Waals surface area contributed by atoms with Gasteiger partial charge in [0.05, 0.1) is 5.52 Å². The van der Waals surface area contributed by atoms with Crippen LogP contribution in [-0.4, -0.2) is 56.2 Å². The van der Waals surface area contributed by atoms with Crippen LogP contribution in [0.25, 0.3) is 10.9 Å². The molecule has 122 valence electrons. The lowest BCUT2D eigenvalue weighted by atomic mass is 10.1. The molecule has 0 amide bonds. The van der Waals surface area contributed by atoms with Crippen molar-refractivity contribution >= 4 is 34.0 Å². The zero-order chi connectivity index (χ0) is 15.8. The molecule has 1 aromatic carbocycles. The summed E-state index contributed by atoms with van der Waals surface area (Å²) in [4.78, 5) is 12.2. The average Bonchev–Trinajstić information content (AvgIpc) is 3.09. The standard InChI is InChI=1S/C18H23ClN4/c1-21-8-10-22(11-9-21)17-13-18(23-6-2-3-7-23)20-16-5-4-14(19)12-15(16)17/h4-5,12-13H,2-3,6-11H2,1H3. The highest BCUT2D eigenvalue weighted by Crippen LogP contribution is 2.33. The lowest BCUT2D eigenvalue weighted by molar-refractivity contribution is 0.313. The van der Waals surface area contributed by atoms with Crippen molar-refractivity contribution in [3.8, 4) is 0 Å².